The molecule has 128 valence electrons. The van der Waals surface area contributed by atoms with Crippen LogP contribution in [0.2, 0.25) is 0 Å². The zero-order valence-electron chi connectivity index (χ0n) is 14.1. The Morgan fingerprint density at radius 2 is 1.88 bits per heavy atom. The highest BCUT2D eigenvalue weighted by Gasteiger charge is 2.17. The SMILES string of the molecule is CC(C)(C)OC(=O)Nc1ccccc1CC(=O)NCc1cccs1. The average Bonchev–Trinajstić information content (AvgIpc) is 2.98. The van der Waals surface area contributed by atoms with E-state index < -0.39 is 11.7 Å². The third-order valence-electron chi connectivity index (χ3n) is 3.04. The molecule has 1 heterocycles. The van der Waals surface area contributed by atoms with E-state index >= 15 is 0 Å². The number of amides is 2. The van der Waals surface area contributed by atoms with E-state index in [1.165, 1.54) is 0 Å². The quantitative estimate of drug-likeness (QED) is 0.861. The summed E-state index contributed by atoms with van der Waals surface area (Å²) in [5.41, 5.74) is 0.752. The van der Waals surface area contributed by atoms with Crippen molar-refractivity contribution in [3.8, 4) is 0 Å². The summed E-state index contributed by atoms with van der Waals surface area (Å²) in [5.74, 6) is -0.0955. The smallest absolute Gasteiger partial charge is 0.412 e. The number of carbonyl (C=O) groups excluding carboxylic acids is 2. The summed E-state index contributed by atoms with van der Waals surface area (Å²) < 4.78 is 5.25. The summed E-state index contributed by atoms with van der Waals surface area (Å²) in [7, 11) is 0. The van der Waals surface area contributed by atoms with Crippen LogP contribution in [0, 0.1) is 0 Å². The molecule has 24 heavy (non-hydrogen) atoms. The minimum Gasteiger partial charge on any atom is -0.444 e. The molecule has 0 spiro atoms. The number of para-hydroxylation sites is 1. The van der Waals surface area contributed by atoms with Crippen LogP contribution < -0.4 is 10.6 Å². The van der Waals surface area contributed by atoms with Crippen LogP contribution in [0.4, 0.5) is 10.5 Å². The van der Waals surface area contributed by atoms with E-state index in [1.54, 1.807) is 44.2 Å². The van der Waals surface area contributed by atoms with Gasteiger partial charge in [-0.25, -0.2) is 4.79 Å². The van der Waals surface area contributed by atoms with Gasteiger partial charge in [-0.3, -0.25) is 10.1 Å². The zero-order chi connectivity index (χ0) is 17.6. The molecule has 6 heteroatoms. The van der Waals surface area contributed by atoms with Crippen molar-refractivity contribution in [2.45, 2.75) is 39.3 Å². The molecular weight excluding hydrogens is 324 g/mol. The van der Waals surface area contributed by atoms with Gasteiger partial charge in [0.15, 0.2) is 0 Å². The summed E-state index contributed by atoms with van der Waals surface area (Å²) in [6.07, 6.45) is -0.342. The minimum absolute atomic E-state index is 0.0955. The van der Waals surface area contributed by atoms with Crippen LogP contribution in [0.5, 0.6) is 0 Å². The summed E-state index contributed by atoms with van der Waals surface area (Å²) in [6.45, 7) is 5.92. The van der Waals surface area contributed by atoms with Crippen LogP contribution in [-0.2, 0) is 22.5 Å². The lowest BCUT2D eigenvalue weighted by molar-refractivity contribution is -0.120. The highest BCUT2D eigenvalue weighted by atomic mass is 32.1. The lowest BCUT2D eigenvalue weighted by Gasteiger charge is -2.20. The molecule has 0 aliphatic heterocycles. The van der Waals surface area contributed by atoms with E-state index in [1.807, 2.05) is 29.6 Å². The molecule has 0 aliphatic carbocycles. The van der Waals surface area contributed by atoms with Gasteiger partial charge in [-0.1, -0.05) is 24.3 Å². The minimum atomic E-state index is -0.572. The molecule has 2 amide bonds. The largest absolute Gasteiger partial charge is 0.444 e. The first kappa shape index (κ1) is 18.0. The van der Waals surface area contributed by atoms with Crippen LogP contribution in [0.25, 0.3) is 0 Å². The van der Waals surface area contributed by atoms with Gasteiger partial charge in [0, 0.05) is 10.6 Å². The third kappa shape index (κ3) is 6.04. The Kier molecular flexibility index (Phi) is 5.98. The Hall–Kier alpha value is -2.34. The zero-order valence-corrected chi connectivity index (χ0v) is 14.9. The monoisotopic (exact) mass is 346 g/mol. The molecule has 0 radical (unpaired) electrons. The Labute approximate surface area is 146 Å². The van der Waals surface area contributed by atoms with Crippen molar-refractivity contribution >= 4 is 29.0 Å². The van der Waals surface area contributed by atoms with Crippen LogP contribution in [0.1, 0.15) is 31.2 Å². The molecular formula is C18H22N2O3S. The van der Waals surface area contributed by atoms with Crippen LogP contribution in [0.3, 0.4) is 0 Å². The molecule has 0 atom stereocenters. The van der Waals surface area contributed by atoms with Crippen molar-refractivity contribution in [3.63, 3.8) is 0 Å². The van der Waals surface area contributed by atoms with Crippen LogP contribution >= 0.6 is 11.3 Å². The van der Waals surface area contributed by atoms with Crippen molar-refractivity contribution in [1.82, 2.24) is 5.32 Å². The molecule has 0 aliphatic rings. The Balaban J connectivity index is 1.95. The van der Waals surface area contributed by atoms with Gasteiger partial charge in [-0.15, -0.1) is 11.3 Å². The van der Waals surface area contributed by atoms with Crippen molar-refractivity contribution in [2.24, 2.45) is 0 Å². The summed E-state index contributed by atoms with van der Waals surface area (Å²) in [4.78, 5) is 25.1. The number of anilines is 1. The molecule has 0 unspecified atom stereocenters. The lowest BCUT2D eigenvalue weighted by Crippen LogP contribution is -2.28. The Bertz CT molecular complexity index is 691. The molecule has 0 fully saturated rings. The van der Waals surface area contributed by atoms with E-state index in [9.17, 15) is 9.59 Å². The summed E-state index contributed by atoms with van der Waals surface area (Å²) in [6, 6.07) is 11.1. The topological polar surface area (TPSA) is 67.4 Å². The maximum absolute atomic E-state index is 12.1. The highest BCUT2D eigenvalue weighted by Crippen LogP contribution is 2.18. The third-order valence-corrected chi connectivity index (χ3v) is 3.92. The molecule has 1 aromatic heterocycles. The molecule has 2 aromatic rings. The van der Waals surface area contributed by atoms with Crippen LogP contribution in [0.15, 0.2) is 41.8 Å². The predicted molar refractivity (Wildman–Crippen MR) is 96.2 cm³/mol. The highest BCUT2D eigenvalue weighted by molar-refractivity contribution is 7.09. The molecule has 2 N–H and O–H groups in total. The van der Waals surface area contributed by atoms with Gasteiger partial charge in [0.25, 0.3) is 0 Å². The number of carbonyl (C=O) groups is 2. The van der Waals surface area contributed by atoms with Crippen molar-refractivity contribution in [3.05, 3.63) is 52.2 Å². The normalized spacial score (nSPS) is 11.0. The fourth-order valence-corrected chi connectivity index (χ4v) is 2.69. The lowest BCUT2D eigenvalue weighted by atomic mass is 10.1. The molecule has 5 nitrogen and oxygen atoms in total. The maximum Gasteiger partial charge on any atom is 0.412 e. The fourth-order valence-electron chi connectivity index (χ4n) is 2.04. The van der Waals surface area contributed by atoms with Gasteiger partial charge in [0.05, 0.1) is 13.0 Å². The fraction of sp³-hybridized carbons (Fsp3) is 0.333. The van der Waals surface area contributed by atoms with E-state index in [2.05, 4.69) is 10.6 Å². The van der Waals surface area contributed by atoms with E-state index in [0.29, 0.717) is 12.2 Å². The second-order valence-corrected chi connectivity index (χ2v) is 7.35. The number of hydrogen-bond donors (Lipinski definition) is 2. The molecule has 2 rings (SSSR count). The van der Waals surface area contributed by atoms with E-state index in [0.717, 1.165) is 10.4 Å². The molecule has 0 saturated carbocycles. The number of thiophene rings is 1. The standard InChI is InChI=1S/C18H22N2O3S/c1-18(2,3)23-17(22)20-15-9-5-4-7-13(15)11-16(21)19-12-14-8-6-10-24-14/h4-10H,11-12H2,1-3H3,(H,19,21)(H,20,22). The van der Waals surface area contributed by atoms with Crippen LogP contribution in [-0.4, -0.2) is 17.6 Å². The second-order valence-electron chi connectivity index (χ2n) is 6.32. The van der Waals surface area contributed by atoms with Gasteiger partial charge in [-0.2, -0.15) is 0 Å². The summed E-state index contributed by atoms with van der Waals surface area (Å²) >= 11 is 1.60. The summed E-state index contributed by atoms with van der Waals surface area (Å²) in [5, 5.41) is 7.56. The first-order chi connectivity index (χ1) is 11.3. The van der Waals surface area contributed by atoms with E-state index in [-0.39, 0.29) is 12.3 Å². The number of nitrogens with one attached hydrogen (secondary N) is 2. The van der Waals surface area contributed by atoms with Gasteiger partial charge in [0.1, 0.15) is 5.60 Å². The predicted octanol–water partition coefficient (Wildman–Crippen LogP) is 3.95. The van der Waals surface area contributed by atoms with Gasteiger partial charge in [-0.05, 0) is 43.8 Å². The number of benzene rings is 1. The van der Waals surface area contributed by atoms with Crippen molar-refractivity contribution < 1.29 is 14.3 Å². The first-order valence-electron chi connectivity index (χ1n) is 7.70. The van der Waals surface area contributed by atoms with E-state index in [4.69, 9.17) is 4.74 Å². The molecule has 1 aromatic carbocycles. The van der Waals surface area contributed by atoms with Gasteiger partial charge < -0.3 is 10.1 Å². The number of hydrogen-bond acceptors (Lipinski definition) is 4. The number of rotatable bonds is 5. The Morgan fingerprint density at radius 3 is 2.54 bits per heavy atom. The maximum atomic E-state index is 12.1. The van der Waals surface area contributed by atoms with Gasteiger partial charge >= 0.3 is 6.09 Å². The molecule has 0 bridgehead atoms. The second kappa shape index (κ2) is 7.97. The van der Waals surface area contributed by atoms with Crippen molar-refractivity contribution in [1.29, 1.82) is 0 Å². The molecule has 0 saturated heterocycles. The Morgan fingerprint density at radius 1 is 1.12 bits per heavy atom. The van der Waals surface area contributed by atoms with Crippen molar-refractivity contribution in [2.75, 3.05) is 5.32 Å². The average molecular weight is 346 g/mol. The number of ether oxygens (including phenoxy) is 1. The first-order valence-corrected chi connectivity index (χ1v) is 8.58. The van der Waals surface area contributed by atoms with Gasteiger partial charge in [0.2, 0.25) is 5.91 Å².